The second-order valence-corrected chi connectivity index (χ2v) is 7.21. The van der Waals surface area contributed by atoms with Gasteiger partial charge in [0.1, 0.15) is 5.69 Å². The van der Waals surface area contributed by atoms with Gasteiger partial charge in [0.2, 0.25) is 5.88 Å². The Labute approximate surface area is 182 Å². The largest absolute Gasteiger partial charge is 0.437 e. The molecule has 0 bridgehead atoms. The summed E-state index contributed by atoms with van der Waals surface area (Å²) in [6, 6.07) is 13.9. The number of H-pyrrole nitrogens is 1. The van der Waals surface area contributed by atoms with Crippen molar-refractivity contribution >= 4 is 34.8 Å². The van der Waals surface area contributed by atoms with Crippen molar-refractivity contribution < 1.29 is 9.53 Å². The smallest absolute Gasteiger partial charge is 0.272 e. The van der Waals surface area contributed by atoms with Gasteiger partial charge in [-0.05, 0) is 43.3 Å². The van der Waals surface area contributed by atoms with Crippen molar-refractivity contribution in [2.75, 3.05) is 5.32 Å². The van der Waals surface area contributed by atoms with Crippen LogP contribution in [-0.4, -0.2) is 20.9 Å². The summed E-state index contributed by atoms with van der Waals surface area (Å²) < 4.78 is 5.72. The van der Waals surface area contributed by atoms with Crippen LogP contribution in [0.2, 0.25) is 10.0 Å². The van der Waals surface area contributed by atoms with Crippen molar-refractivity contribution in [1.29, 1.82) is 0 Å². The van der Waals surface area contributed by atoms with Gasteiger partial charge in [0.05, 0.1) is 17.6 Å². The average molecular weight is 439 g/mol. The fourth-order valence-electron chi connectivity index (χ4n) is 2.92. The summed E-state index contributed by atoms with van der Waals surface area (Å²) in [5.74, 6) is 0.673. The summed E-state index contributed by atoms with van der Waals surface area (Å²) >= 11 is 12.6. The van der Waals surface area contributed by atoms with Crippen LogP contribution in [0.15, 0.2) is 67.1 Å². The third-order valence-electron chi connectivity index (χ3n) is 4.37. The van der Waals surface area contributed by atoms with Crippen molar-refractivity contribution in [2.45, 2.75) is 6.92 Å². The number of halogens is 2. The molecule has 0 unspecified atom stereocenters. The number of nitrogens with one attached hydrogen (secondary N) is 2. The van der Waals surface area contributed by atoms with Crippen LogP contribution in [0.4, 0.5) is 5.69 Å². The third kappa shape index (κ3) is 4.15. The predicted molar refractivity (Wildman–Crippen MR) is 117 cm³/mol. The number of anilines is 1. The molecule has 1 amide bonds. The topological polar surface area (TPSA) is 79.9 Å². The molecule has 8 heteroatoms. The predicted octanol–water partition coefficient (Wildman–Crippen LogP) is 6.13. The number of rotatable bonds is 5. The van der Waals surface area contributed by atoms with Crippen LogP contribution in [0.5, 0.6) is 11.6 Å². The third-order valence-corrected chi connectivity index (χ3v) is 5.00. The van der Waals surface area contributed by atoms with E-state index in [1.165, 1.54) is 6.20 Å². The Morgan fingerprint density at radius 2 is 1.83 bits per heavy atom. The van der Waals surface area contributed by atoms with Gasteiger partial charge in [-0.15, -0.1) is 0 Å². The van der Waals surface area contributed by atoms with E-state index in [2.05, 4.69) is 20.3 Å². The molecule has 3 heterocycles. The molecule has 1 aromatic carbocycles. The number of ether oxygens (including phenoxy) is 1. The maximum Gasteiger partial charge on any atom is 0.272 e. The Balaban J connectivity index is 1.52. The lowest BCUT2D eigenvalue weighted by Gasteiger charge is -2.10. The minimum absolute atomic E-state index is 0.343. The zero-order valence-electron chi connectivity index (χ0n) is 15.8. The monoisotopic (exact) mass is 438 g/mol. The SMILES string of the molecule is Cc1ncccc1Oc1ccc(NC(=O)c2[nH]ccc2-c2c(Cl)cccc2Cl)cn1. The second-order valence-electron chi connectivity index (χ2n) is 6.39. The summed E-state index contributed by atoms with van der Waals surface area (Å²) in [5, 5.41) is 3.74. The van der Waals surface area contributed by atoms with Crippen LogP contribution in [-0.2, 0) is 0 Å². The van der Waals surface area contributed by atoms with Gasteiger partial charge in [-0.1, -0.05) is 29.3 Å². The van der Waals surface area contributed by atoms with E-state index in [4.69, 9.17) is 27.9 Å². The van der Waals surface area contributed by atoms with Crippen molar-refractivity contribution in [1.82, 2.24) is 15.0 Å². The lowest BCUT2D eigenvalue weighted by Crippen LogP contribution is -2.13. The molecule has 0 radical (unpaired) electrons. The first-order chi connectivity index (χ1) is 14.5. The molecule has 4 aromatic rings. The highest BCUT2D eigenvalue weighted by molar-refractivity contribution is 6.39. The number of hydrogen-bond donors (Lipinski definition) is 2. The Morgan fingerprint density at radius 1 is 1.03 bits per heavy atom. The van der Waals surface area contributed by atoms with Crippen molar-refractivity contribution in [3.05, 3.63) is 88.6 Å². The molecule has 6 nitrogen and oxygen atoms in total. The fraction of sp³-hybridized carbons (Fsp3) is 0.0455. The number of pyridine rings is 2. The molecule has 0 atom stereocenters. The first-order valence-corrected chi connectivity index (χ1v) is 9.77. The summed E-state index contributed by atoms with van der Waals surface area (Å²) in [4.78, 5) is 24.2. The number of hydrogen-bond acceptors (Lipinski definition) is 4. The minimum Gasteiger partial charge on any atom is -0.437 e. The van der Waals surface area contributed by atoms with Gasteiger partial charge in [0, 0.05) is 39.6 Å². The second kappa shape index (κ2) is 8.57. The highest BCUT2D eigenvalue weighted by Gasteiger charge is 2.18. The number of carbonyl (C=O) groups is 1. The van der Waals surface area contributed by atoms with Crippen LogP contribution in [0, 0.1) is 6.92 Å². The van der Waals surface area contributed by atoms with Gasteiger partial charge in [-0.25, -0.2) is 4.98 Å². The molecule has 30 heavy (non-hydrogen) atoms. The van der Waals surface area contributed by atoms with Crippen LogP contribution in [0.3, 0.4) is 0 Å². The fourth-order valence-corrected chi connectivity index (χ4v) is 3.52. The Bertz CT molecular complexity index is 1190. The van der Waals surface area contributed by atoms with Crippen LogP contribution in [0.1, 0.15) is 16.2 Å². The first-order valence-electron chi connectivity index (χ1n) is 9.01. The normalized spacial score (nSPS) is 10.6. The maximum atomic E-state index is 12.8. The van der Waals surface area contributed by atoms with Crippen molar-refractivity contribution in [3.63, 3.8) is 0 Å². The minimum atomic E-state index is -0.343. The van der Waals surface area contributed by atoms with Crippen molar-refractivity contribution in [3.8, 4) is 22.8 Å². The zero-order valence-corrected chi connectivity index (χ0v) is 17.3. The summed E-state index contributed by atoms with van der Waals surface area (Å²) in [6.45, 7) is 1.85. The number of amides is 1. The van der Waals surface area contributed by atoms with E-state index in [0.29, 0.717) is 44.2 Å². The molecule has 4 rings (SSSR count). The molecular formula is C22H16Cl2N4O2. The summed E-state index contributed by atoms with van der Waals surface area (Å²) in [7, 11) is 0. The Hall–Kier alpha value is -3.35. The lowest BCUT2D eigenvalue weighted by atomic mass is 10.1. The van der Waals surface area contributed by atoms with Gasteiger partial charge < -0.3 is 15.0 Å². The standard InChI is InChI=1S/C22H16Cl2N4O2/c1-13-18(6-3-10-25-13)30-19-8-7-14(12-27-19)28-22(29)21-15(9-11-26-21)20-16(23)4-2-5-17(20)24/h2-12,26H,1H3,(H,28,29). The molecule has 0 fully saturated rings. The molecule has 0 aliphatic heterocycles. The van der Waals surface area contributed by atoms with E-state index >= 15 is 0 Å². The van der Waals surface area contributed by atoms with E-state index in [1.807, 2.05) is 13.0 Å². The number of carbonyl (C=O) groups excluding carboxylic acids is 1. The molecule has 0 aliphatic carbocycles. The van der Waals surface area contributed by atoms with Gasteiger partial charge >= 0.3 is 0 Å². The molecule has 0 spiro atoms. The quantitative estimate of drug-likeness (QED) is 0.392. The highest BCUT2D eigenvalue weighted by atomic mass is 35.5. The van der Waals surface area contributed by atoms with E-state index in [1.54, 1.807) is 54.9 Å². The van der Waals surface area contributed by atoms with Crippen LogP contribution < -0.4 is 10.1 Å². The molecule has 0 saturated carbocycles. The molecule has 3 aromatic heterocycles. The molecular weight excluding hydrogens is 423 g/mol. The zero-order chi connectivity index (χ0) is 21.1. The average Bonchev–Trinajstić information content (AvgIpc) is 3.20. The van der Waals surface area contributed by atoms with Gasteiger partial charge in [0.15, 0.2) is 5.75 Å². The number of nitrogens with zero attached hydrogens (tertiary/aromatic N) is 2. The maximum absolute atomic E-state index is 12.8. The number of aromatic amines is 1. The van der Waals surface area contributed by atoms with E-state index in [9.17, 15) is 4.79 Å². The number of aryl methyl sites for hydroxylation is 1. The van der Waals surface area contributed by atoms with Crippen molar-refractivity contribution in [2.24, 2.45) is 0 Å². The molecule has 2 N–H and O–H groups in total. The van der Waals surface area contributed by atoms with E-state index in [-0.39, 0.29) is 5.91 Å². The Kier molecular flexibility index (Phi) is 5.70. The highest BCUT2D eigenvalue weighted by Crippen LogP contribution is 2.36. The first kappa shape index (κ1) is 19.9. The van der Waals surface area contributed by atoms with Crippen LogP contribution in [0.25, 0.3) is 11.1 Å². The molecule has 150 valence electrons. The van der Waals surface area contributed by atoms with E-state index < -0.39 is 0 Å². The molecule has 0 aliphatic rings. The Morgan fingerprint density at radius 3 is 2.53 bits per heavy atom. The summed E-state index contributed by atoms with van der Waals surface area (Å²) in [5.41, 5.74) is 2.83. The lowest BCUT2D eigenvalue weighted by molar-refractivity contribution is 0.102. The summed E-state index contributed by atoms with van der Waals surface area (Å²) in [6.07, 6.45) is 4.87. The number of benzene rings is 1. The molecule has 0 saturated heterocycles. The van der Waals surface area contributed by atoms with Gasteiger partial charge in [-0.3, -0.25) is 9.78 Å². The number of aromatic nitrogens is 3. The van der Waals surface area contributed by atoms with Gasteiger partial charge in [0.25, 0.3) is 5.91 Å². The van der Waals surface area contributed by atoms with Crippen LogP contribution >= 0.6 is 23.2 Å². The van der Waals surface area contributed by atoms with E-state index in [0.717, 1.165) is 5.69 Å². The van der Waals surface area contributed by atoms with Gasteiger partial charge in [-0.2, -0.15) is 0 Å².